The van der Waals surface area contributed by atoms with Crippen LogP contribution < -0.4 is 9.47 Å². The van der Waals surface area contributed by atoms with Gasteiger partial charge in [0.25, 0.3) is 0 Å². The van der Waals surface area contributed by atoms with E-state index in [9.17, 15) is 25.2 Å². The van der Waals surface area contributed by atoms with Gasteiger partial charge in [0.2, 0.25) is 12.0 Å². The van der Waals surface area contributed by atoms with Crippen LogP contribution in [0.25, 0.3) is 11.0 Å². The van der Waals surface area contributed by atoms with Gasteiger partial charge in [-0.15, -0.1) is 0 Å². The van der Waals surface area contributed by atoms with Crippen LogP contribution in [0.3, 0.4) is 0 Å². The zero-order valence-corrected chi connectivity index (χ0v) is 23.1. The first-order chi connectivity index (χ1) is 19.4. The fourth-order valence-corrected chi connectivity index (χ4v) is 6.27. The van der Waals surface area contributed by atoms with Crippen LogP contribution in [0.5, 0.6) is 11.5 Å². The number of aliphatic hydroxyl groups excluding tert-OH is 4. The number of aryl methyl sites for hydroxylation is 1. The molecule has 5 unspecified atom stereocenters. The van der Waals surface area contributed by atoms with Crippen molar-refractivity contribution in [3.8, 4) is 11.5 Å². The second-order valence-electron chi connectivity index (χ2n) is 11.2. The van der Waals surface area contributed by atoms with Gasteiger partial charge in [-0.1, -0.05) is 19.3 Å². The molecule has 0 radical (unpaired) electrons. The maximum absolute atomic E-state index is 12.4. The molecule has 222 valence electrons. The molecule has 2 saturated carbocycles. The molecule has 0 bridgehead atoms. The largest absolute Gasteiger partial charge is 0.483 e. The Morgan fingerprint density at radius 1 is 0.950 bits per heavy atom. The van der Waals surface area contributed by atoms with E-state index in [0.29, 0.717) is 22.8 Å². The number of furan rings is 1. The molecular formula is C30H42O10. The molecule has 5 rings (SSSR count). The van der Waals surface area contributed by atoms with Gasteiger partial charge >= 0.3 is 5.97 Å². The number of hydrogen-bond donors (Lipinski definition) is 4. The minimum atomic E-state index is -1.60. The fourth-order valence-electron chi connectivity index (χ4n) is 6.27. The Morgan fingerprint density at radius 3 is 2.38 bits per heavy atom. The predicted molar refractivity (Wildman–Crippen MR) is 144 cm³/mol. The first kappa shape index (κ1) is 29.1. The van der Waals surface area contributed by atoms with Crippen LogP contribution >= 0.6 is 0 Å². The monoisotopic (exact) mass is 562 g/mol. The third-order valence-corrected chi connectivity index (χ3v) is 8.50. The molecule has 3 fully saturated rings. The molecule has 1 aliphatic heterocycles. The van der Waals surface area contributed by atoms with Crippen molar-refractivity contribution in [2.75, 3.05) is 13.2 Å². The lowest BCUT2D eigenvalue weighted by molar-refractivity contribution is -0.277. The molecule has 2 aliphatic carbocycles. The van der Waals surface area contributed by atoms with Crippen molar-refractivity contribution in [2.24, 2.45) is 0 Å². The average Bonchev–Trinajstić information content (AvgIpc) is 3.64. The Bertz CT molecular complexity index is 1130. The normalized spacial score (nSPS) is 28.2. The maximum atomic E-state index is 12.4. The second-order valence-corrected chi connectivity index (χ2v) is 11.2. The fraction of sp³-hybridized carbons (Fsp3) is 0.700. The van der Waals surface area contributed by atoms with Crippen molar-refractivity contribution in [3.63, 3.8) is 0 Å². The van der Waals surface area contributed by atoms with Gasteiger partial charge in [-0.05, 0) is 69.4 Å². The Morgan fingerprint density at radius 2 is 1.68 bits per heavy atom. The summed E-state index contributed by atoms with van der Waals surface area (Å²) in [5.74, 6) is 0.642. The summed E-state index contributed by atoms with van der Waals surface area (Å²) in [7, 11) is 0. The Labute approximate surface area is 234 Å². The highest BCUT2D eigenvalue weighted by Crippen LogP contribution is 2.47. The molecule has 0 amide bonds. The summed E-state index contributed by atoms with van der Waals surface area (Å²) in [6.07, 6.45) is 4.45. The SMILES string of the molecule is CCOC(=O)CCc1cc2c(C3CCCCC3)coc2c(OC2CCCC2)c1OC1OC(CO)C(O)C(O)C1O. The molecule has 3 aliphatic rings. The van der Waals surface area contributed by atoms with Crippen LogP contribution in [0, 0.1) is 0 Å². The molecule has 10 nitrogen and oxygen atoms in total. The number of carbonyl (C=O) groups excluding carboxylic acids is 1. The van der Waals surface area contributed by atoms with E-state index in [4.69, 9.17) is 23.4 Å². The number of fused-ring (bicyclic) bond motifs is 1. The summed E-state index contributed by atoms with van der Waals surface area (Å²) >= 11 is 0. The number of benzene rings is 1. The van der Waals surface area contributed by atoms with Crippen molar-refractivity contribution in [1.82, 2.24) is 0 Å². The second kappa shape index (κ2) is 13.1. The molecule has 1 saturated heterocycles. The minimum Gasteiger partial charge on any atom is -0.483 e. The zero-order valence-electron chi connectivity index (χ0n) is 23.1. The molecular weight excluding hydrogens is 520 g/mol. The first-order valence-electron chi connectivity index (χ1n) is 14.8. The van der Waals surface area contributed by atoms with Gasteiger partial charge in [-0.25, -0.2) is 0 Å². The van der Waals surface area contributed by atoms with Crippen LogP contribution in [0.2, 0.25) is 0 Å². The summed E-state index contributed by atoms with van der Waals surface area (Å²) < 4.78 is 29.8. The van der Waals surface area contributed by atoms with Crippen molar-refractivity contribution in [3.05, 3.63) is 23.5 Å². The van der Waals surface area contributed by atoms with Gasteiger partial charge in [-0.2, -0.15) is 0 Å². The Hall–Kier alpha value is -2.37. The summed E-state index contributed by atoms with van der Waals surface area (Å²) in [4.78, 5) is 12.4. The highest BCUT2D eigenvalue weighted by atomic mass is 16.7. The van der Waals surface area contributed by atoms with Crippen LogP contribution in [0.15, 0.2) is 16.7 Å². The topological polar surface area (TPSA) is 148 Å². The van der Waals surface area contributed by atoms with Crippen molar-refractivity contribution >= 4 is 16.9 Å². The third kappa shape index (κ3) is 6.11. The van der Waals surface area contributed by atoms with E-state index in [1.54, 1.807) is 13.2 Å². The minimum absolute atomic E-state index is 0.0520. The van der Waals surface area contributed by atoms with E-state index in [0.717, 1.165) is 62.3 Å². The van der Waals surface area contributed by atoms with Crippen molar-refractivity contribution in [1.29, 1.82) is 0 Å². The summed E-state index contributed by atoms with van der Waals surface area (Å²) in [6, 6.07) is 1.96. The number of ether oxygens (including phenoxy) is 4. The van der Waals surface area contributed by atoms with E-state index < -0.39 is 37.3 Å². The molecule has 1 aromatic heterocycles. The first-order valence-corrected chi connectivity index (χ1v) is 14.8. The van der Waals surface area contributed by atoms with E-state index in [1.807, 2.05) is 6.07 Å². The summed E-state index contributed by atoms with van der Waals surface area (Å²) in [5.41, 5.74) is 2.30. The summed E-state index contributed by atoms with van der Waals surface area (Å²) in [5, 5.41) is 42.0. The summed E-state index contributed by atoms with van der Waals surface area (Å²) in [6.45, 7) is 1.46. The number of hydrogen-bond acceptors (Lipinski definition) is 10. The zero-order chi connectivity index (χ0) is 28.2. The molecule has 0 spiro atoms. The molecule has 5 atom stereocenters. The van der Waals surface area contributed by atoms with Gasteiger partial charge < -0.3 is 43.8 Å². The van der Waals surface area contributed by atoms with Gasteiger partial charge in [0.05, 0.1) is 25.6 Å². The lowest BCUT2D eigenvalue weighted by Gasteiger charge is -2.40. The highest BCUT2D eigenvalue weighted by Gasteiger charge is 2.45. The lowest BCUT2D eigenvalue weighted by atomic mass is 9.83. The smallest absolute Gasteiger partial charge is 0.306 e. The van der Waals surface area contributed by atoms with Crippen LogP contribution in [-0.2, 0) is 20.7 Å². The van der Waals surface area contributed by atoms with E-state index in [-0.39, 0.29) is 37.3 Å². The number of aliphatic hydroxyl groups is 4. The number of rotatable bonds is 10. The van der Waals surface area contributed by atoms with Gasteiger partial charge in [-0.3, -0.25) is 4.79 Å². The van der Waals surface area contributed by atoms with Crippen molar-refractivity contribution in [2.45, 2.75) is 120 Å². The maximum Gasteiger partial charge on any atom is 0.306 e. The molecule has 40 heavy (non-hydrogen) atoms. The van der Waals surface area contributed by atoms with Crippen LogP contribution in [-0.4, -0.2) is 76.4 Å². The predicted octanol–water partition coefficient (Wildman–Crippen LogP) is 3.48. The van der Waals surface area contributed by atoms with Gasteiger partial charge in [0, 0.05) is 17.4 Å². The van der Waals surface area contributed by atoms with Crippen molar-refractivity contribution < 1.29 is 48.6 Å². The highest BCUT2D eigenvalue weighted by molar-refractivity contribution is 5.90. The third-order valence-electron chi connectivity index (χ3n) is 8.50. The number of esters is 1. The van der Waals surface area contributed by atoms with Crippen LogP contribution in [0.1, 0.15) is 88.2 Å². The van der Waals surface area contributed by atoms with E-state index in [1.165, 1.54) is 6.42 Å². The van der Waals surface area contributed by atoms with E-state index in [2.05, 4.69) is 0 Å². The average molecular weight is 563 g/mol. The standard InChI is InChI=1S/C30H42O10/c1-2-36-23(32)13-12-18-14-20-21(17-8-4-3-5-9-17)16-37-28(20)29(38-19-10-6-7-11-19)27(18)40-30-26(35)25(34)24(33)22(15-31)39-30/h14,16-17,19,22,24-26,30-31,33-35H,2-13,15H2,1H3. The quantitative estimate of drug-likeness (QED) is 0.317. The molecule has 10 heteroatoms. The molecule has 2 aromatic rings. The van der Waals surface area contributed by atoms with Gasteiger partial charge in [0.15, 0.2) is 11.3 Å². The Kier molecular flexibility index (Phi) is 9.53. The molecule has 2 heterocycles. The van der Waals surface area contributed by atoms with Gasteiger partial charge in [0.1, 0.15) is 24.4 Å². The Balaban J connectivity index is 1.59. The van der Waals surface area contributed by atoms with Crippen LogP contribution in [0.4, 0.5) is 0 Å². The molecule has 4 N–H and O–H groups in total. The molecule has 1 aromatic carbocycles. The number of carbonyl (C=O) groups is 1. The lowest BCUT2D eigenvalue weighted by Crippen LogP contribution is -2.60. The van der Waals surface area contributed by atoms with E-state index >= 15 is 0 Å².